The molecule has 24 heavy (non-hydrogen) atoms. The Morgan fingerprint density at radius 1 is 1.21 bits per heavy atom. The third-order valence-corrected chi connectivity index (χ3v) is 6.03. The molecule has 0 radical (unpaired) electrons. The number of aliphatic hydroxyl groups excluding tert-OH is 1. The first-order valence-electron chi connectivity index (χ1n) is 8.32. The Morgan fingerprint density at radius 3 is 2.75 bits per heavy atom. The first-order valence-corrected chi connectivity index (χ1v) is 8.32. The molecule has 1 aliphatic carbocycles. The maximum atomic E-state index is 11.0. The highest BCUT2D eigenvalue weighted by Crippen LogP contribution is 2.57. The van der Waals surface area contributed by atoms with E-state index < -0.39 is 11.5 Å². The zero-order valence-electron chi connectivity index (χ0n) is 13.8. The fourth-order valence-electron chi connectivity index (χ4n) is 4.95. The summed E-state index contributed by atoms with van der Waals surface area (Å²) in [5.41, 5.74) is 1.69. The Bertz CT molecular complexity index is 720. The maximum absolute atomic E-state index is 11.0. The second-order valence-electron chi connectivity index (χ2n) is 6.91. The van der Waals surface area contributed by atoms with Crippen LogP contribution in [0.5, 0.6) is 11.5 Å². The van der Waals surface area contributed by atoms with Gasteiger partial charge in [-0.15, -0.1) is 0 Å². The monoisotopic (exact) mass is 331 g/mol. The summed E-state index contributed by atoms with van der Waals surface area (Å²) in [6, 6.07) is 4.17. The van der Waals surface area contributed by atoms with Crippen LogP contribution in [0.25, 0.3) is 0 Å². The van der Waals surface area contributed by atoms with Crippen LogP contribution in [0, 0.1) is 0 Å². The van der Waals surface area contributed by atoms with Crippen molar-refractivity contribution in [2.24, 2.45) is 0 Å². The van der Waals surface area contributed by atoms with Crippen molar-refractivity contribution in [3.8, 4) is 11.5 Å². The number of methoxy groups -OCH3 is 2. The molecule has 1 aromatic rings. The van der Waals surface area contributed by atoms with E-state index in [1.807, 2.05) is 12.1 Å². The van der Waals surface area contributed by atoms with Crippen LogP contribution in [-0.4, -0.2) is 55.8 Å². The Kier molecular flexibility index (Phi) is 3.04. The van der Waals surface area contributed by atoms with E-state index in [1.54, 1.807) is 14.2 Å². The summed E-state index contributed by atoms with van der Waals surface area (Å²) in [6.45, 7) is 0.811. The number of rotatable bonds is 2. The molecular weight excluding hydrogens is 310 g/mol. The fraction of sp³-hybridized carbons (Fsp3) is 0.556. The van der Waals surface area contributed by atoms with Crippen molar-refractivity contribution in [2.75, 3.05) is 27.6 Å². The minimum Gasteiger partial charge on any atom is -0.454 e. The van der Waals surface area contributed by atoms with Crippen LogP contribution < -0.4 is 9.47 Å². The maximum Gasteiger partial charge on any atom is 0.231 e. The number of benzene rings is 1. The van der Waals surface area contributed by atoms with Gasteiger partial charge in [0.05, 0.1) is 17.6 Å². The van der Waals surface area contributed by atoms with Gasteiger partial charge in [-0.2, -0.15) is 0 Å². The summed E-state index contributed by atoms with van der Waals surface area (Å²) in [4.78, 5) is 2.25. The summed E-state index contributed by atoms with van der Waals surface area (Å²) in [5.74, 6) is 1.49. The Labute approximate surface area is 140 Å². The van der Waals surface area contributed by atoms with Crippen LogP contribution in [0.1, 0.15) is 23.8 Å². The van der Waals surface area contributed by atoms with E-state index >= 15 is 0 Å². The van der Waals surface area contributed by atoms with Crippen LogP contribution in [0.4, 0.5) is 0 Å². The van der Waals surface area contributed by atoms with Crippen molar-refractivity contribution in [1.82, 2.24) is 4.90 Å². The minimum absolute atomic E-state index is 0.0593. The molecule has 1 N–H and O–H groups in total. The zero-order chi connectivity index (χ0) is 16.5. The highest BCUT2D eigenvalue weighted by molar-refractivity contribution is 5.57. The molecule has 5 rings (SSSR count). The average Bonchev–Trinajstić information content (AvgIpc) is 3.15. The normalized spacial score (nSPS) is 41.2. The number of fused-ring (bicyclic) bond motifs is 2. The van der Waals surface area contributed by atoms with Crippen molar-refractivity contribution in [2.45, 2.75) is 36.3 Å². The molecule has 6 nitrogen and oxygen atoms in total. The first kappa shape index (κ1) is 14.7. The van der Waals surface area contributed by atoms with Crippen molar-refractivity contribution in [1.29, 1.82) is 0 Å². The predicted octanol–water partition coefficient (Wildman–Crippen LogP) is 1.33. The van der Waals surface area contributed by atoms with Crippen molar-refractivity contribution in [3.63, 3.8) is 0 Å². The molecule has 0 aromatic heterocycles. The van der Waals surface area contributed by atoms with Gasteiger partial charge >= 0.3 is 0 Å². The van der Waals surface area contributed by atoms with Gasteiger partial charge in [-0.1, -0.05) is 12.2 Å². The van der Waals surface area contributed by atoms with E-state index in [1.165, 1.54) is 0 Å². The molecule has 4 aliphatic rings. The molecule has 3 aliphatic heterocycles. The van der Waals surface area contributed by atoms with E-state index in [0.717, 1.165) is 29.0 Å². The average molecular weight is 331 g/mol. The third-order valence-electron chi connectivity index (χ3n) is 6.03. The summed E-state index contributed by atoms with van der Waals surface area (Å²) in [6.07, 6.45) is 4.41. The minimum atomic E-state index is -0.490. The predicted molar refractivity (Wildman–Crippen MR) is 85.0 cm³/mol. The lowest BCUT2D eigenvalue weighted by atomic mass is 9.65. The van der Waals surface area contributed by atoms with Crippen molar-refractivity contribution < 1.29 is 24.1 Å². The van der Waals surface area contributed by atoms with Crippen LogP contribution in [0.2, 0.25) is 0 Å². The van der Waals surface area contributed by atoms with E-state index in [-0.39, 0.29) is 25.2 Å². The number of hydrogen-bond acceptors (Lipinski definition) is 6. The molecule has 0 amide bonds. The standard InChI is InChI=1S/C18H21NO5/c1-21-10-3-4-18-12-7-14-13(23-9-24-14)6-11(12)17(22-2)19(8-16(18)20)15(18)5-10/h3-4,6-7,10,15-17,20H,5,8-9H2,1-2H3/t10-,15+,16?,17+,18+/m1/s1. The van der Waals surface area contributed by atoms with Crippen LogP contribution in [0.15, 0.2) is 24.3 Å². The second-order valence-corrected chi connectivity index (χ2v) is 6.91. The van der Waals surface area contributed by atoms with Gasteiger partial charge in [0.15, 0.2) is 11.5 Å². The first-order chi connectivity index (χ1) is 11.7. The molecule has 0 spiro atoms. The molecule has 2 bridgehead atoms. The largest absolute Gasteiger partial charge is 0.454 e. The Balaban J connectivity index is 1.75. The molecule has 1 aromatic carbocycles. The highest BCUT2D eigenvalue weighted by Gasteiger charge is 2.61. The van der Waals surface area contributed by atoms with Gasteiger partial charge < -0.3 is 24.1 Å². The van der Waals surface area contributed by atoms with Crippen LogP contribution >= 0.6 is 0 Å². The highest BCUT2D eigenvalue weighted by atomic mass is 16.7. The molecule has 6 heteroatoms. The smallest absolute Gasteiger partial charge is 0.231 e. The summed E-state index contributed by atoms with van der Waals surface area (Å²) < 4.78 is 22.5. The quantitative estimate of drug-likeness (QED) is 0.825. The number of ether oxygens (including phenoxy) is 4. The van der Waals surface area contributed by atoms with Crippen LogP contribution in [0.3, 0.4) is 0 Å². The summed E-state index contributed by atoms with van der Waals surface area (Å²) in [7, 11) is 3.44. The molecule has 1 saturated heterocycles. The van der Waals surface area contributed by atoms with E-state index in [0.29, 0.717) is 6.54 Å². The van der Waals surface area contributed by atoms with Gasteiger partial charge in [-0.25, -0.2) is 0 Å². The van der Waals surface area contributed by atoms with Gasteiger partial charge in [-0.3, -0.25) is 4.90 Å². The molecule has 0 saturated carbocycles. The molecule has 6 atom stereocenters. The number of nitrogens with zero attached hydrogens (tertiary/aromatic N) is 1. The lowest BCUT2D eigenvalue weighted by molar-refractivity contribution is -0.0668. The lowest BCUT2D eigenvalue weighted by Crippen LogP contribution is -2.53. The summed E-state index contributed by atoms with van der Waals surface area (Å²) in [5, 5.41) is 11.0. The van der Waals surface area contributed by atoms with E-state index in [4.69, 9.17) is 18.9 Å². The number of hydrogen-bond donors (Lipinski definition) is 1. The Morgan fingerprint density at radius 2 is 2.00 bits per heavy atom. The zero-order valence-corrected chi connectivity index (χ0v) is 13.8. The van der Waals surface area contributed by atoms with Gasteiger partial charge in [-0.05, 0) is 24.1 Å². The van der Waals surface area contributed by atoms with Crippen LogP contribution in [-0.2, 0) is 14.9 Å². The van der Waals surface area contributed by atoms with Crippen molar-refractivity contribution in [3.05, 3.63) is 35.4 Å². The second kappa shape index (κ2) is 4.95. The lowest BCUT2D eigenvalue weighted by Gasteiger charge is -2.48. The molecular formula is C18H21NO5. The topological polar surface area (TPSA) is 60.4 Å². The van der Waals surface area contributed by atoms with Crippen molar-refractivity contribution >= 4 is 0 Å². The fourth-order valence-corrected chi connectivity index (χ4v) is 4.95. The third kappa shape index (κ3) is 1.64. The molecule has 128 valence electrons. The SMILES string of the molecule is CO[C@@H]1C=C[C@@]23c4cc5c(cc4[C@H](OC)N(CC2O)[C@H]3C1)OCO5. The van der Waals surface area contributed by atoms with Gasteiger partial charge in [0, 0.05) is 32.4 Å². The van der Waals surface area contributed by atoms with Gasteiger partial charge in [0.25, 0.3) is 0 Å². The van der Waals surface area contributed by atoms with E-state index in [9.17, 15) is 5.11 Å². The Hall–Kier alpha value is -1.60. The van der Waals surface area contributed by atoms with Gasteiger partial charge in [0.1, 0.15) is 6.23 Å². The van der Waals surface area contributed by atoms with Gasteiger partial charge in [0.2, 0.25) is 6.79 Å². The molecule has 3 heterocycles. The molecule has 2 unspecified atom stereocenters. The summed E-state index contributed by atoms with van der Waals surface area (Å²) >= 11 is 0. The number of aliphatic hydroxyl groups is 1. The van der Waals surface area contributed by atoms with E-state index in [2.05, 4.69) is 17.1 Å². The molecule has 1 fully saturated rings.